The summed E-state index contributed by atoms with van der Waals surface area (Å²) < 4.78 is 36.0. The summed E-state index contributed by atoms with van der Waals surface area (Å²) >= 11 is 6.86. The first-order valence-electron chi connectivity index (χ1n) is 3.79. The summed E-state index contributed by atoms with van der Waals surface area (Å²) in [6.45, 7) is 1.71. The zero-order valence-corrected chi connectivity index (χ0v) is 8.80. The second kappa shape index (κ2) is 4.08. The highest BCUT2D eigenvalue weighted by Gasteiger charge is 2.38. The lowest BCUT2D eigenvalue weighted by atomic mass is 10.2. The Kier molecular flexibility index (Phi) is 3.44. The van der Waals surface area contributed by atoms with Crippen LogP contribution < -0.4 is 0 Å². The second-order valence-corrected chi connectivity index (χ2v) is 4.26. The highest BCUT2D eigenvalue weighted by molar-refractivity contribution is 7.10. The van der Waals surface area contributed by atoms with Crippen molar-refractivity contribution >= 4 is 22.9 Å². The van der Waals surface area contributed by atoms with E-state index in [-0.39, 0.29) is 0 Å². The molecule has 1 nitrogen and oxygen atoms in total. The van der Waals surface area contributed by atoms with Crippen molar-refractivity contribution in [1.29, 1.82) is 0 Å². The van der Waals surface area contributed by atoms with Crippen molar-refractivity contribution in [3.8, 4) is 0 Å². The third-order valence-corrected chi connectivity index (χ3v) is 3.49. The lowest BCUT2D eigenvalue weighted by Crippen LogP contribution is -2.30. The molecule has 0 aromatic carbocycles. The molecule has 0 amide bonds. The summed E-state index contributed by atoms with van der Waals surface area (Å²) in [5, 5.41) is 10.8. The second-order valence-electron chi connectivity index (χ2n) is 2.92. The molecule has 1 unspecified atom stereocenters. The maximum Gasteiger partial charge on any atom is 0.414 e. The monoisotopic (exact) mass is 244 g/mol. The molecule has 14 heavy (non-hydrogen) atoms. The van der Waals surface area contributed by atoms with Gasteiger partial charge in [-0.25, -0.2) is 0 Å². The topological polar surface area (TPSA) is 20.2 Å². The van der Waals surface area contributed by atoms with E-state index >= 15 is 0 Å². The molecule has 6 heteroatoms. The molecule has 0 saturated carbocycles. The Labute approximate surface area is 88.1 Å². The van der Waals surface area contributed by atoms with Crippen LogP contribution in [-0.4, -0.2) is 17.4 Å². The summed E-state index contributed by atoms with van der Waals surface area (Å²) in [7, 11) is 0. The molecule has 0 radical (unpaired) electrons. The molecule has 80 valence electrons. The Morgan fingerprint density at radius 3 is 2.50 bits per heavy atom. The van der Waals surface area contributed by atoms with Crippen molar-refractivity contribution < 1.29 is 18.3 Å². The van der Waals surface area contributed by atoms with Gasteiger partial charge in [0.15, 0.2) is 6.10 Å². The molecule has 0 aliphatic heterocycles. The van der Waals surface area contributed by atoms with E-state index in [4.69, 9.17) is 16.7 Å². The third kappa shape index (κ3) is 2.62. The molecule has 1 aromatic rings. The van der Waals surface area contributed by atoms with Gasteiger partial charge in [0.25, 0.3) is 0 Å². The normalized spacial score (nSPS) is 14.4. The van der Waals surface area contributed by atoms with Crippen LogP contribution in [0.5, 0.6) is 0 Å². The number of hydrogen-bond donors (Lipinski definition) is 1. The zero-order chi connectivity index (χ0) is 10.9. The Morgan fingerprint density at radius 1 is 1.57 bits per heavy atom. The molecule has 0 spiro atoms. The number of thiophene rings is 1. The minimum Gasteiger partial charge on any atom is -0.383 e. The van der Waals surface area contributed by atoms with Gasteiger partial charge < -0.3 is 5.11 Å². The number of hydrogen-bond acceptors (Lipinski definition) is 2. The van der Waals surface area contributed by atoms with Crippen LogP contribution in [0.2, 0.25) is 5.02 Å². The lowest BCUT2D eigenvalue weighted by Gasteiger charge is -2.13. The number of aliphatic hydroxyl groups excluding tert-OH is 1. The standard InChI is InChI=1S/C8H8ClF3OS/c1-4-3-14-5(7(4)9)2-6(13)8(10,11)12/h3,6,13H,2H2,1H3. The van der Waals surface area contributed by atoms with E-state index in [1.54, 1.807) is 12.3 Å². The van der Waals surface area contributed by atoms with E-state index in [1.807, 2.05) is 0 Å². The highest BCUT2D eigenvalue weighted by atomic mass is 35.5. The molecule has 0 aliphatic carbocycles. The maximum absolute atomic E-state index is 12.0. The van der Waals surface area contributed by atoms with Crippen LogP contribution in [0, 0.1) is 6.92 Å². The van der Waals surface area contributed by atoms with E-state index in [1.165, 1.54) is 0 Å². The smallest absolute Gasteiger partial charge is 0.383 e. The minimum atomic E-state index is -4.58. The molecule has 0 bridgehead atoms. The maximum atomic E-state index is 12.0. The van der Waals surface area contributed by atoms with Crippen molar-refractivity contribution in [3.63, 3.8) is 0 Å². The van der Waals surface area contributed by atoms with Gasteiger partial charge in [-0.1, -0.05) is 11.6 Å². The average molecular weight is 245 g/mol. The van der Waals surface area contributed by atoms with E-state index < -0.39 is 18.7 Å². The summed E-state index contributed by atoms with van der Waals surface area (Å²) in [6, 6.07) is 0. The van der Waals surface area contributed by atoms with Crippen LogP contribution in [0.15, 0.2) is 5.38 Å². The van der Waals surface area contributed by atoms with Crippen LogP contribution in [0.3, 0.4) is 0 Å². The van der Waals surface area contributed by atoms with Gasteiger partial charge in [-0.3, -0.25) is 0 Å². The first-order chi connectivity index (χ1) is 6.32. The zero-order valence-electron chi connectivity index (χ0n) is 7.23. The van der Waals surface area contributed by atoms with Gasteiger partial charge in [0.1, 0.15) is 0 Å². The summed E-state index contributed by atoms with van der Waals surface area (Å²) in [5.41, 5.74) is 0.737. The van der Waals surface area contributed by atoms with Gasteiger partial charge in [0.2, 0.25) is 0 Å². The van der Waals surface area contributed by atoms with Crippen LogP contribution in [0.25, 0.3) is 0 Å². The Balaban J connectivity index is 2.75. The Bertz CT molecular complexity index is 321. The van der Waals surface area contributed by atoms with Crippen LogP contribution in [0.1, 0.15) is 10.4 Å². The van der Waals surface area contributed by atoms with E-state index in [9.17, 15) is 13.2 Å². The quantitative estimate of drug-likeness (QED) is 0.847. The molecule has 0 aliphatic rings. The molecule has 1 heterocycles. The van der Waals surface area contributed by atoms with Crippen molar-refractivity contribution in [2.45, 2.75) is 25.6 Å². The number of alkyl halides is 3. The predicted octanol–water partition coefficient (Wildman–Crippen LogP) is 3.18. The third-order valence-electron chi connectivity index (χ3n) is 1.73. The lowest BCUT2D eigenvalue weighted by molar-refractivity contribution is -0.202. The SMILES string of the molecule is Cc1csc(CC(O)C(F)(F)F)c1Cl. The van der Waals surface area contributed by atoms with E-state index in [2.05, 4.69) is 0 Å². The predicted molar refractivity (Wildman–Crippen MR) is 49.8 cm³/mol. The molecule has 0 saturated heterocycles. The van der Waals surface area contributed by atoms with Gasteiger partial charge in [-0.05, 0) is 17.9 Å². The van der Waals surface area contributed by atoms with Gasteiger partial charge in [-0.15, -0.1) is 11.3 Å². The van der Waals surface area contributed by atoms with Crippen molar-refractivity contribution in [1.82, 2.24) is 0 Å². The average Bonchev–Trinajstić information content (AvgIpc) is 2.34. The Hall–Kier alpha value is -0.260. The van der Waals surface area contributed by atoms with Crippen molar-refractivity contribution in [2.24, 2.45) is 0 Å². The molecular weight excluding hydrogens is 237 g/mol. The fourth-order valence-electron chi connectivity index (χ4n) is 0.912. The molecule has 1 N–H and O–H groups in total. The van der Waals surface area contributed by atoms with E-state index in [0.717, 1.165) is 16.9 Å². The first-order valence-corrected chi connectivity index (χ1v) is 5.05. The largest absolute Gasteiger partial charge is 0.414 e. The fraction of sp³-hybridized carbons (Fsp3) is 0.500. The molecule has 1 aromatic heterocycles. The number of halogens is 4. The number of aryl methyl sites for hydroxylation is 1. The Morgan fingerprint density at radius 2 is 2.14 bits per heavy atom. The summed E-state index contributed by atoms with van der Waals surface area (Å²) in [4.78, 5) is 0.369. The fourth-order valence-corrected chi connectivity index (χ4v) is 2.20. The summed E-state index contributed by atoms with van der Waals surface area (Å²) in [5.74, 6) is 0. The van der Waals surface area contributed by atoms with Gasteiger partial charge in [0, 0.05) is 11.3 Å². The number of rotatable bonds is 2. The highest BCUT2D eigenvalue weighted by Crippen LogP contribution is 2.31. The van der Waals surface area contributed by atoms with Crippen molar-refractivity contribution in [2.75, 3.05) is 0 Å². The molecule has 0 fully saturated rings. The van der Waals surface area contributed by atoms with Crippen LogP contribution >= 0.6 is 22.9 Å². The van der Waals surface area contributed by atoms with Crippen molar-refractivity contribution in [3.05, 3.63) is 20.8 Å². The molecule has 1 atom stereocenters. The molecular formula is C8H8ClF3OS. The minimum absolute atomic E-state index is 0.318. The summed E-state index contributed by atoms with van der Waals surface area (Å²) in [6.07, 6.45) is -7.39. The number of aliphatic hydroxyl groups is 1. The van der Waals surface area contributed by atoms with E-state index in [0.29, 0.717) is 9.90 Å². The molecule has 1 rings (SSSR count). The van der Waals surface area contributed by atoms with Gasteiger partial charge >= 0.3 is 6.18 Å². The first kappa shape index (κ1) is 11.8. The van der Waals surface area contributed by atoms with Crippen LogP contribution in [0.4, 0.5) is 13.2 Å². The van der Waals surface area contributed by atoms with Crippen LogP contribution in [-0.2, 0) is 6.42 Å². The van der Waals surface area contributed by atoms with Gasteiger partial charge in [0.05, 0.1) is 5.02 Å². The van der Waals surface area contributed by atoms with Gasteiger partial charge in [-0.2, -0.15) is 13.2 Å².